The molecule has 0 saturated carbocycles. The molecule has 0 atom stereocenters. The zero-order valence-electron chi connectivity index (χ0n) is 19.4. The minimum atomic E-state index is -0.178. The Morgan fingerprint density at radius 3 is 2.18 bits per heavy atom. The van der Waals surface area contributed by atoms with Crippen molar-refractivity contribution in [3.05, 3.63) is 107 Å². The van der Waals surface area contributed by atoms with Crippen LogP contribution in [0.1, 0.15) is 32.0 Å². The summed E-state index contributed by atoms with van der Waals surface area (Å²) in [6.07, 6.45) is 1.97. The van der Waals surface area contributed by atoms with Gasteiger partial charge in [-0.25, -0.2) is 4.79 Å². The summed E-state index contributed by atoms with van der Waals surface area (Å²) < 4.78 is 3.60. The van der Waals surface area contributed by atoms with E-state index >= 15 is 0 Å². The second-order valence-electron chi connectivity index (χ2n) is 9.32. The van der Waals surface area contributed by atoms with E-state index in [9.17, 15) is 4.79 Å². The number of tetrazole rings is 1. The third-order valence-corrected chi connectivity index (χ3v) is 5.90. The molecule has 0 fully saturated rings. The van der Waals surface area contributed by atoms with Crippen LogP contribution in [-0.2, 0) is 12.0 Å². The first-order valence-electron chi connectivity index (χ1n) is 11.2. The smallest absolute Gasteiger partial charge is 0.291 e. The first kappa shape index (κ1) is 21.6. The molecular formula is C27H26N6O. The quantitative estimate of drug-likeness (QED) is 0.416. The van der Waals surface area contributed by atoms with Gasteiger partial charge in [-0.2, -0.15) is 5.21 Å². The van der Waals surface area contributed by atoms with Gasteiger partial charge >= 0.3 is 5.69 Å². The lowest BCUT2D eigenvalue weighted by Crippen LogP contribution is -2.27. The number of aromatic nitrogens is 6. The molecule has 7 nitrogen and oxygen atoms in total. The highest BCUT2D eigenvalue weighted by atomic mass is 16.1. The molecule has 7 heteroatoms. The van der Waals surface area contributed by atoms with Gasteiger partial charge in [0.25, 0.3) is 0 Å². The van der Waals surface area contributed by atoms with Crippen LogP contribution in [0.2, 0.25) is 0 Å². The van der Waals surface area contributed by atoms with E-state index in [4.69, 9.17) is 0 Å². The number of nitrogens with zero attached hydrogens (tertiary/aromatic N) is 5. The van der Waals surface area contributed by atoms with Crippen molar-refractivity contribution in [2.24, 2.45) is 0 Å². The van der Waals surface area contributed by atoms with Gasteiger partial charge in [-0.05, 0) is 34.0 Å². The molecule has 0 radical (unpaired) electrons. The molecule has 2 heterocycles. The van der Waals surface area contributed by atoms with Crippen molar-refractivity contribution in [2.75, 3.05) is 0 Å². The van der Waals surface area contributed by atoms with Gasteiger partial charge in [0.05, 0.1) is 12.2 Å². The molecule has 5 rings (SSSR count). The molecule has 0 aliphatic carbocycles. The largest absolute Gasteiger partial charge is 0.333 e. The number of imidazole rings is 1. The molecule has 170 valence electrons. The molecule has 0 amide bonds. The summed E-state index contributed by atoms with van der Waals surface area (Å²) in [5, 5.41) is 14.5. The highest BCUT2D eigenvalue weighted by molar-refractivity contribution is 5.80. The van der Waals surface area contributed by atoms with Crippen molar-refractivity contribution in [2.45, 2.75) is 32.7 Å². The van der Waals surface area contributed by atoms with Gasteiger partial charge in [-0.1, -0.05) is 87.5 Å². The van der Waals surface area contributed by atoms with Gasteiger partial charge in [0.1, 0.15) is 0 Å². The molecule has 0 spiro atoms. The Hall–Kier alpha value is -4.26. The highest BCUT2D eigenvalue weighted by Gasteiger charge is 2.23. The summed E-state index contributed by atoms with van der Waals surface area (Å²) in [5.41, 5.74) is 5.69. The Kier molecular flexibility index (Phi) is 5.45. The summed E-state index contributed by atoms with van der Waals surface area (Å²) in [5.74, 6) is 0.559. The summed E-state index contributed by atoms with van der Waals surface area (Å²) in [7, 11) is 0. The predicted octanol–water partition coefficient (Wildman–Crippen LogP) is 4.83. The molecule has 34 heavy (non-hydrogen) atoms. The highest BCUT2D eigenvalue weighted by Crippen LogP contribution is 2.30. The van der Waals surface area contributed by atoms with Crippen LogP contribution >= 0.6 is 0 Å². The number of nitrogens with one attached hydrogen (secondary N) is 1. The number of rotatable bonds is 5. The van der Waals surface area contributed by atoms with Crippen molar-refractivity contribution in [3.63, 3.8) is 0 Å². The van der Waals surface area contributed by atoms with Crippen LogP contribution in [0.25, 0.3) is 28.2 Å². The lowest BCUT2D eigenvalue weighted by atomic mass is 9.92. The van der Waals surface area contributed by atoms with Gasteiger partial charge in [0.15, 0.2) is 0 Å². The number of benzene rings is 3. The summed E-state index contributed by atoms with van der Waals surface area (Å²) >= 11 is 0. The van der Waals surface area contributed by atoms with Gasteiger partial charge in [0.2, 0.25) is 5.82 Å². The van der Waals surface area contributed by atoms with E-state index in [1.54, 1.807) is 4.57 Å². The average Bonchev–Trinajstić information content (AvgIpc) is 3.49. The van der Waals surface area contributed by atoms with Crippen LogP contribution < -0.4 is 5.69 Å². The number of aromatic amines is 1. The maximum atomic E-state index is 13.4. The van der Waals surface area contributed by atoms with Gasteiger partial charge in [-0.15, -0.1) is 10.2 Å². The fraction of sp³-hybridized carbons (Fsp3) is 0.185. The Balaban J connectivity index is 1.50. The summed E-state index contributed by atoms with van der Waals surface area (Å²) in [4.78, 5) is 13.4. The van der Waals surface area contributed by atoms with Gasteiger partial charge < -0.3 is 0 Å². The van der Waals surface area contributed by atoms with Crippen molar-refractivity contribution in [1.29, 1.82) is 0 Å². The molecular weight excluding hydrogens is 424 g/mol. The molecule has 0 unspecified atom stereocenters. The Morgan fingerprint density at radius 2 is 1.53 bits per heavy atom. The van der Waals surface area contributed by atoms with E-state index in [0.29, 0.717) is 12.4 Å². The van der Waals surface area contributed by atoms with E-state index in [2.05, 4.69) is 65.7 Å². The topological polar surface area (TPSA) is 81.4 Å². The maximum Gasteiger partial charge on any atom is 0.333 e. The normalized spacial score (nSPS) is 11.6. The molecule has 1 N–H and O–H groups in total. The van der Waals surface area contributed by atoms with Crippen molar-refractivity contribution in [1.82, 2.24) is 29.8 Å². The van der Waals surface area contributed by atoms with Crippen molar-refractivity contribution < 1.29 is 0 Å². The third kappa shape index (κ3) is 4.08. The average molecular weight is 451 g/mol. The number of H-pyrrole nitrogens is 1. The molecule has 0 aliphatic heterocycles. The molecule has 3 aromatic carbocycles. The minimum absolute atomic E-state index is 0.0392. The second-order valence-corrected chi connectivity index (χ2v) is 9.32. The predicted molar refractivity (Wildman–Crippen MR) is 133 cm³/mol. The van der Waals surface area contributed by atoms with Crippen LogP contribution in [-0.4, -0.2) is 29.8 Å². The fourth-order valence-corrected chi connectivity index (χ4v) is 4.18. The molecule has 0 aliphatic rings. The van der Waals surface area contributed by atoms with Crippen molar-refractivity contribution in [3.8, 4) is 28.2 Å². The molecule has 0 saturated heterocycles. The van der Waals surface area contributed by atoms with Gasteiger partial charge in [-0.3, -0.25) is 9.13 Å². The zero-order valence-corrected chi connectivity index (χ0v) is 19.4. The van der Waals surface area contributed by atoms with Crippen molar-refractivity contribution >= 4 is 0 Å². The number of hydrogen-bond acceptors (Lipinski definition) is 4. The Labute approximate surface area is 197 Å². The molecule has 0 bridgehead atoms. The number of para-hydroxylation sites is 1. The monoisotopic (exact) mass is 450 g/mol. The van der Waals surface area contributed by atoms with Crippen LogP contribution in [0.5, 0.6) is 0 Å². The minimum Gasteiger partial charge on any atom is -0.291 e. The van der Waals surface area contributed by atoms with Crippen LogP contribution in [0.15, 0.2) is 89.9 Å². The fourth-order valence-electron chi connectivity index (χ4n) is 4.18. The number of hydrogen-bond donors (Lipinski definition) is 1. The van der Waals surface area contributed by atoms with Crippen LogP contribution in [0, 0.1) is 0 Å². The summed E-state index contributed by atoms with van der Waals surface area (Å²) in [6, 6.07) is 26.0. The standard InChI is InChI=1S/C27H26N6O/c1-27(2,3)24-18-32(21-9-5-4-6-10-21)26(34)33(24)17-19-13-15-20(16-14-19)22-11-7-8-12-23(22)25-28-30-31-29-25/h4-16,18H,17H2,1-3H3,(H,28,29,30,31). The Bertz CT molecular complexity index is 1460. The Morgan fingerprint density at radius 1 is 0.853 bits per heavy atom. The summed E-state index contributed by atoms with van der Waals surface area (Å²) in [6.45, 7) is 6.89. The van der Waals surface area contributed by atoms with E-state index < -0.39 is 0 Å². The second kappa shape index (κ2) is 8.59. The van der Waals surface area contributed by atoms with E-state index in [0.717, 1.165) is 33.6 Å². The molecule has 2 aromatic heterocycles. The van der Waals surface area contributed by atoms with Crippen LogP contribution in [0.3, 0.4) is 0 Å². The van der Waals surface area contributed by atoms with Gasteiger partial charge in [0, 0.05) is 22.9 Å². The SMILES string of the molecule is CC(C)(C)c1cn(-c2ccccc2)c(=O)n1Cc1ccc(-c2ccccc2-c2nn[nH]n2)cc1. The zero-order chi connectivity index (χ0) is 23.7. The molecule has 5 aromatic rings. The third-order valence-electron chi connectivity index (χ3n) is 5.90. The lowest BCUT2D eigenvalue weighted by Gasteiger charge is -2.20. The first-order chi connectivity index (χ1) is 16.4. The van der Waals surface area contributed by atoms with E-state index in [1.165, 1.54) is 0 Å². The first-order valence-corrected chi connectivity index (χ1v) is 11.2. The van der Waals surface area contributed by atoms with E-state index in [-0.39, 0.29) is 11.1 Å². The maximum absolute atomic E-state index is 13.4. The lowest BCUT2D eigenvalue weighted by molar-refractivity contribution is 0.526. The van der Waals surface area contributed by atoms with Crippen LogP contribution in [0.4, 0.5) is 0 Å². The van der Waals surface area contributed by atoms with E-state index in [1.807, 2.05) is 65.4 Å².